The number of nitrogen functional groups attached to an aromatic ring is 1. The van der Waals surface area contributed by atoms with E-state index in [1.165, 1.54) is 0 Å². The summed E-state index contributed by atoms with van der Waals surface area (Å²) in [6.45, 7) is 3.39. The molecule has 0 fully saturated rings. The van der Waals surface area contributed by atoms with Gasteiger partial charge in [-0.3, -0.25) is 4.79 Å². The molecule has 0 radical (unpaired) electrons. The van der Waals surface area contributed by atoms with Crippen molar-refractivity contribution in [2.75, 3.05) is 18.8 Å². The molecule has 1 aliphatic rings. The maximum atomic E-state index is 12.2. The molecular formula is C13H16N2O. The molecule has 0 unspecified atom stereocenters. The fourth-order valence-corrected chi connectivity index (χ4v) is 1.86. The zero-order valence-electron chi connectivity index (χ0n) is 9.44. The third-order valence-electron chi connectivity index (χ3n) is 2.90. The number of carbonyl (C=O) groups is 1. The van der Waals surface area contributed by atoms with Gasteiger partial charge in [0, 0.05) is 18.8 Å². The first kappa shape index (κ1) is 10.7. The summed E-state index contributed by atoms with van der Waals surface area (Å²) in [6.07, 6.45) is 5.05. The topological polar surface area (TPSA) is 46.3 Å². The number of para-hydroxylation sites is 1. The van der Waals surface area contributed by atoms with Gasteiger partial charge in [0.1, 0.15) is 0 Å². The van der Waals surface area contributed by atoms with Crippen LogP contribution in [-0.4, -0.2) is 23.9 Å². The number of nitrogens with two attached hydrogens (primary N) is 1. The predicted octanol–water partition coefficient (Wildman–Crippen LogP) is 1.98. The Hall–Kier alpha value is -1.77. The molecule has 0 saturated carbocycles. The summed E-state index contributed by atoms with van der Waals surface area (Å²) in [6, 6.07) is 5.59. The molecule has 0 atom stereocenters. The molecule has 0 aromatic heterocycles. The van der Waals surface area contributed by atoms with E-state index >= 15 is 0 Å². The molecular weight excluding hydrogens is 200 g/mol. The molecule has 3 nitrogen and oxygen atoms in total. The lowest BCUT2D eigenvalue weighted by Crippen LogP contribution is -2.34. The molecule has 3 heteroatoms. The van der Waals surface area contributed by atoms with Gasteiger partial charge in [-0.1, -0.05) is 24.3 Å². The van der Waals surface area contributed by atoms with Gasteiger partial charge in [-0.05, 0) is 25.0 Å². The molecule has 1 aliphatic heterocycles. The van der Waals surface area contributed by atoms with Crippen molar-refractivity contribution in [3.05, 3.63) is 41.5 Å². The van der Waals surface area contributed by atoms with Gasteiger partial charge in [-0.15, -0.1) is 0 Å². The van der Waals surface area contributed by atoms with Crippen LogP contribution in [0.15, 0.2) is 30.4 Å². The lowest BCUT2D eigenvalue weighted by atomic mass is 10.1. The lowest BCUT2D eigenvalue weighted by molar-refractivity contribution is 0.0772. The van der Waals surface area contributed by atoms with Crippen LogP contribution < -0.4 is 5.73 Å². The van der Waals surface area contributed by atoms with Gasteiger partial charge in [0.25, 0.3) is 5.91 Å². The first-order valence-electron chi connectivity index (χ1n) is 5.49. The van der Waals surface area contributed by atoms with E-state index in [-0.39, 0.29) is 5.91 Å². The number of nitrogens with zero attached hydrogens (tertiary/aromatic N) is 1. The van der Waals surface area contributed by atoms with E-state index in [1.54, 1.807) is 6.07 Å². The number of benzene rings is 1. The van der Waals surface area contributed by atoms with E-state index in [1.807, 2.05) is 30.0 Å². The Balaban J connectivity index is 2.26. The van der Waals surface area contributed by atoms with Gasteiger partial charge in [-0.25, -0.2) is 0 Å². The van der Waals surface area contributed by atoms with Crippen molar-refractivity contribution in [1.82, 2.24) is 4.90 Å². The molecule has 84 valence electrons. The van der Waals surface area contributed by atoms with Crippen LogP contribution in [0.2, 0.25) is 0 Å². The second-order valence-corrected chi connectivity index (χ2v) is 4.05. The average molecular weight is 216 g/mol. The molecule has 0 bridgehead atoms. The van der Waals surface area contributed by atoms with Crippen molar-refractivity contribution in [3.63, 3.8) is 0 Å². The molecule has 1 amide bonds. The molecule has 0 saturated heterocycles. The third-order valence-corrected chi connectivity index (χ3v) is 2.90. The summed E-state index contributed by atoms with van der Waals surface area (Å²) in [5.41, 5.74) is 8.10. The van der Waals surface area contributed by atoms with Crippen LogP contribution in [-0.2, 0) is 0 Å². The highest BCUT2D eigenvalue weighted by molar-refractivity contribution is 5.99. The summed E-state index contributed by atoms with van der Waals surface area (Å²) < 4.78 is 0. The maximum Gasteiger partial charge on any atom is 0.256 e. The maximum absolute atomic E-state index is 12.2. The summed E-state index contributed by atoms with van der Waals surface area (Å²) in [7, 11) is 0. The summed E-state index contributed by atoms with van der Waals surface area (Å²) in [5.74, 6) is 0.0329. The van der Waals surface area contributed by atoms with Gasteiger partial charge in [0.05, 0.1) is 5.56 Å². The Morgan fingerprint density at radius 2 is 2.19 bits per heavy atom. The van der Waals surface area contributed by atoms with Crippen LogP contribution in [0.1, 0.15) is 22.3 Å². The number of aryl methyl sites for hydroxylation is 1. The molecule has 0 aliphatic carbocycles. The second kappa shape index (κ2) is 4.39. The molecule has 0 spiro atoms. The summed E-state index contributed by atoms with van der Waals surface area (Å²) in [4.78, 5) is 14.0. The Labute approximate surface area is 95.6 Å². The Morgan fingerprint density at radius 1 is 1.38 bits per heavy atom. The minimum Gasteiger partial charge on any atom is -0.398 e. The summed E-state index contributed by atoms with van der Waals surface area (Å²) in [5, 5.41) is 0. The lowest BCUT2D eigenvalue weighted by Gasteiger charge is -2.24. The van der Waals surface area contributed by atoms with Gasteiger partial charge in [-0.2, -0.15) is 0 Å². The van der Waals surface area contributed by atoms with E-state index in [0.29, 0.717) is 17.8 Å². The highest BCUT2D eigenvalue weighted by Crippen LogP contribution is 2.19. The van der Waals surface area contributed by atoms with E-state index in [4.69, 9.17) is 5.73 Å². The number of amides is 1. The molecule has 1 aromatic rings. The van der Waals surface area contributed by atoms with Crippen molar-refractivity contribution in [1.29, 1.82) is 0 Å². The van der Waals surface area contributed by atoms with Gasteiger partial charge in [0.2, 0.25) is 0 Å². The molecule has 1 aromatic carbocycles. The van der Waals surface area contributed by atoms with Crippen LogP contribution in [0.25, 0.3) is 0 Å². The number of hydrogen-bond donors (Lipinski definition) is 1. The standard InChI is InChI=1S/C13H16N2O/c1-10-6-5-7-11(12(10)14)13(16)15-8-3-2-4-9-15/h2-3,5-7H,4,8-9,14H2,1H3. The van der Waals surface area contributed by atoms with Crippen LogP contribution in [0, 0.1) is 6.92 Å². The number of rotatable bonds is 1. The van der Waals surface area contributed by atoms with E-state index in [9.17, 15) is 4.79 Å². The first-order valence-corrected chi connectivity index (χ1v) is 5.49. The highest BCUT2D eigenvalue weighted by Gasteiger charge is 2.18. The van der Waals surface area contributed by atoms with Crippen LogP contribution in [0.4, 0.5) is 5.69 Å². The van der Waals surface area contributed by atoms with Crippen LogP contribution in [0.5, 0.6) is 0 Å². The SMILES string of the molecule is Cc1cccc(C(=O)N2CC=CCC2)c1N. The second-order valence-electron chi connectivity index (χ2n) is 4.05. The van der Waals surface area contributed by atoms with E-state index in [0.717, 1.165) is 18.5 Å². The van der Waals surface area contributed by atoms with Crippen molar-refractivity contribution in [2.45, 2.75) is 13.3 Å². The van der Waals surface area contributed by atoms with Gasteiger partial charge in [0.15, 0.2) is 0 Å². The quantitative estimate of drug-likeness (QED) is 0.576. The van der Waals surface area contributed by atoms with Crippen molar-refractivity contribution in [2.24, 2.45) is 0 Å². The Bertz CT molecular complexity index is 438. The van der Waals surface area contributed by atoms with Gasteiger partial charge >= 0.3 is 0 Å². The summed E-state index contributed by atoms with van der Waals surface area (Å²) >= 11 is 0. The number of anilines is 1. The van der Waals surface area contributed by atoms with Crippen molar-refractivity contribution < 1.29 is 4.79 Å². The van der Waals surface area contributed by atoms with Gasteiger partial charge < -0.3 is 10.6 Å². The van der Waals surface area contributed by atoms with Crippen LogP contribution in [0.3, 0.4) is 0 Å². The minimum atomic E-state index is 0.0329. The van der Waals surface area contributed by atoms with E-state index in [2.05, 4.69) is 6.08 Å². The average Bonchev–Trinajstić information content (AvgIpc) is 2.33. The Morgan fingerprint density at radius 3 is 2.88 bits per heavy atom. The first-order chi connectivity index (χ1) is 7.70. The highest BCUT2D eigenvalue weighted by atomic mass is 16.2. The molecule has 2 N–H and O–H groups in total. The number of hydrogen-bond acceptors (Lipinski definition) is 2. The van der Waals surface area contributed by atoms with Crippen molar-refractivity contribution in [3.8, 4) is 0 Å². The Kier molecular flexibility index (Phi) is 2.95. The molecule has 16 heavy (non-hydrogen) atoms. The predicted molar refractivity (Wildman–Crippen MR) is 65.3 cm³/mol. The van der Waals surface area contributed by atoms with Crippen molar-refractivity contribution >= 4 is 11.6 Å². The monoisotopic (exact) mass is 216 g/mol. The smallest absolute Gasteiger partial charge is 0.256 e. The van der Waals surface area contributed by atoms with E-state index < -0.39 is 0 Å². The largest absolute Gasteiger partial charge is 0.398 e. The van der Waals surface area contributed by atoms with Crippen LogP contribution >= 0.6 is 0 Å². The fraction of sp³-hybridized carbons (Fsp3) is 0.308. The normalized spacial score (nSPS) is 15.2. The zero-order chi connectivity index (χ0) is 11.5. The fourth-order valence-electron chi connectivity index (χ4n) is 1.86. The zero-order valence-corrected chi connectivity index (χ0v) is 9.44. The molecule has 2 rings (SSSR count). The number of carbonyl (C=O) groups excluding carboxylic acids is 1. The minimum absolute atomic E-state index is 0.0329. The third kappa shape index (κ3) is 1.94. The molecule has 1 heterocycles.